The van der Waals surface area contributed by atoms with Crippen LogP contribution in [0.4, 0.5) is 11.7 Å². The number of nitrogens with one attached hydrogen (secondary N) is 1. The summed E-state index contributed by atoms with van der Waals surface area (Å²) in [4.78, 5) is 26.6. The number of nitriles is 1. The molecule has 1 saturated heterocycles. The van der Waals surface area contributed by atoms with Gasteiger partial charge >= 0.3 is 0 Å². The van der Waals surface area contributed by atoms with Crippen molar-refractivity contribution in [1.82, 2.24) is 15.0 Å². The van der Waals surface area contributed by atoms with Crippen LogP contribution in [0.5, 0.6) is 0 Å². The molecule has 2 aliphatic rings. The molecular formula is C27H31N7O2. The van der Waals surface area contributed by atoms with Gasteiger partial charge in [-0.1, -0.05) is 25.0 Å². The van der Waals surface area contributed by atoms with E-state index in [1.54, 1.807) is 36.8 Å². The third kappa shape index (κ3) is 5.48. The highest BCUT2D eigenvalue weighted by Gasteiger charge is 2.31. The average molecular weight is 486 g/mol. The van der Waals surface area contributed by atoms with Crippen molar-refractivity contribution in [3.05, 3.63) is 54.2 Å². The van der Waals surface area contributed by atoms with Gasteiger partial charge in [-0.15, -0.1) is 0 Å². The number of carbonyl (C=O) groups excluding carboxylic acids is 1. The summed E-state index contributed by atoms with van der Waals surface area (Å²) in [6.45, 7) is 1.98. The van der Waals surface area contributed by atoms with Crippen LogP contribution in [0, 0.1) is 23.2 Å². The number of benzene rings is 1. The number of primary amides is 1. The van der Waals surface area contributed by atoms with E-state index in [0.29, 0.717) is 35.2 Å². The number of oxazole rings is 1. The summed E-state index contributed by atoms with van der Waals surface area (Å²) in [5, 5.41) is 12.5. The van der Waals surface area contributed by atoms with E-state index in [4.69, 9.17) is 15.4 Å². The van der Waals surface area contributed by atoms with E-state index < -0.39 is 5.91 Å². The summed E-state index contributed by atoms with van der Waals surface area (Å²) < 4.78 is 6.02. The first-order valence-electron chi connectivity index (χ1n) is 12.7. The van der Waals surface area contributed by atoms with Crippen LogP contribution in [0.1, 0.15) is 61.1 Å². The molecule has 9 heteroatoms. The van der Waals surface area contributed by atoms with E-state index in [9.17, 15) is 4.79 Å². The smallest absolute Gasteiger partial charge is 0.295 e. The van der Waals surface area contributed by atoms with Crippen LogP contribution in [0.25, 0.3) is 11.3 Å². The predicted molar refractivity (Wildman–Crippen MR) is 136 cm³/mol. The van der Waals surface area contributed by atoms with Crippen molar-refractivity contribution in [3.8, 4) is 17.4 Å². The van der Waals surface area contributed by atoms with Crippen LogP contribution >= 0.6 is 0 Å². The van der Waals surface area contributed by atoms with Gasteiger partial charge in [0.15, 0.2) is 5.76 Å². The lowest BCUT2D eigenvalue weighted by atomic mass is 9.77. The minimum atomic E-state index is -0.465. The van der Waals surface area contributed by atoms with Crippen molar-refractivity contribution in [3.63, 3.8) is 0 Å². The van der Waals surface area contributed by atoms with Crippen molar-refractivity contribution in [1.29, 1.82) is 5.26 Å². The number of aromatic nitrogens is 3. The fraction of sp³-hybridized carbons (Fsp3) is 0.444. The molecule has 2 aromatic heterocycles. The highest BCUT2D eigenvalue weighted by atomic mass is 16.4. The van der Waals surface area contributed by atoms with Crippen molar-refractivity contribution in [2.45, 2.75) is 51.0 Å². The standard InChI is InChI=1S/C27H31N7O2/c28-13-25-30-14-22(15-31-25)34-10-4-5-18(17-34)11-19-6-1-2-9-23(19)33-27-32-16-24(36-27)20-7-3-8-21(12-20)26(29)35/h3,7-8,12,14-16,18-19,23H,1-2,4-6,9-11,17H2,(H2,29,35)(H,32,33)/t18-,19+,23-/m1/s1. The highest BCUT2D eigenvalue weighted by Crippen LogP contribution is 2.35. The van der Waals surface area contributed by atoms with Gasteiger partial charge in [0.05, 0.1) is 24.3 Å². The number of rotatable bonds is 7. The molecule has 3 heterocycles. The molecule has 0 radical (unpaired) electrons. The number of amides is 1. The summed E-state index contributed by atoms with van der Waals surface area (Å²) >= 11 is 0. The maximum absolute atomic E-state index is 11.5. The second-order valence-corrected chi connectivity index (χ2v) is 9.84. The third-order valence-electron chi connectivity index (χ3n) is 7.41. The van der Waals surface area contributed by atoms with Gasteiger partial charge in [0.25, 0.3) is 6.01 Å². The SMILES string of the molecule is N#Cc1ncc(N2CCC[C@H](C[C@@H]3CCCC[C@H]3Nc3ncc(-c4cccc(C(N)=O)c4)o3)C2)cn1. The maximum atomic E-state index is 11.5. The molecule has 1 aromatic carbocycles. The Morgan fingerprint density at radius 2 is 1.97 bits per heavy atom. The Balaban J connectivity index is 1.23. The number of carbonyl (C=O) groups is 1. The molecule has 1 aliphatic heterocycles. The normalized spacial score (nSPS) is 22.1. The number of piperidine rings is 1. The minimum absolute atomic E-state index is 0.207. The van der Waals surface area contributed by atoms with Gasteiger partial charge in [-0.05, 0) is 56.1 Å². The Bertz CT molecular complexity index is 1230. The summed E-state index contributed by atoms with van der Waals surface area (Å²) in [5.41, 5.74) is 7.63. The van der Waals surface area contributed by atoms with Gasteiger partial charge in [0.1, 0.15) is 6.07 Å². The van der Waals surface area contributed by atoms with E-state index in [0.717, 1.165) is 43.6 Å². The molecule has 3 aromatic rings. The van der Waals surface area contributed by atoms with Crippen LogP contribution in [0.2, 0.25) is 0 Å². The monoisotopic (exact) mass is 485 g/mol. The molecule has 0 spiro atoms. The fourth-order valence-electron chi connectivity index (χ4n) is 5.60. The Kier molecular flexibility index (Phi) is 7.12. The molecule has 1 saturated carbocycles. The molecule has 36 heavy (non-hydrogen) atoms. The molecule has 2 fully saturated rings. The van der Waals surface area contributed by atoms with Gasteiger partial charge in [-0.3, -0.25) is 4.79 Å². The molecule has 9 nitrogen and oxygen atoms in total. The van der Waals surface area contributed by atoms with Crippen LogP contribution in [-0.2, 0) is 0 Å². The van der Waals surface area contributed by atoms with Crippen LogP contribution < -0.4 is 16.0 Å². The number of nitrogens with two attached hydrogens (primary N) is 1. The van der Waals surface area contributed by atoms with E-state index in [2.05, 4.69) is 25.2 Å². The molecular weight excluding hydrogens is 454 g/mol. The zero-order valence-electron chi connectivity index (χ0n) is 20.3. The molecule has 3 atom stereocenters. The number of nitrogens with zero attached hydrogens (tertiary/aromatic N) is 5. The van der Waals surface area contributed by atoms with Crippen molar-refractivity contribution < 1.29 is 9.21 Å². The largest absolute Gasteiger partial charge is 0.424 e. The van der Waals surface area contributed by atoms with Crippen LogP contribution in [0.3, 0.4) is 0 Å². The minimum Gasteiger partial charge on any atom is -0.424 e. The van der Waals surface area contributed by atoms with Crippen molar-refractivity contribution in [2.24, 2.45) is 17.6 Å². The van der Waals surface area contributed by atoms with E-state index in [1.807, 2.05) is 12.1 Å². The molecule has 186 valence electrons. The van der Waals surface area contributed by atoms with Gasteiger partial charge in [0.2, 0.25) is 11.7 Å². The highest BCUT2D eigenvalue weighted by molar-refractivity contribution is 5.93. The lowest BCUT2D eigenvalue weighted by Gasteiger charge is -2.38. The Morgan fingerprint density at radius 1 is 1.14 bits per heavy atom. The Hall–Kier alpha value is -3.93. The van der Waals surface area contributed by atoms with Gasteiger partial charge < -0.3 is 20.4 Å². The summed E-state index contributed by atoms with van der Waals surface area (Å²) in [7, 11) is 0. The first-order chi connectivity index (χ1) is 17.6. The average Bonchev–Trinajstić information content (AvgIpc) is 3.39. The predicted octanol–water partition coefficient (Wildman–Crippen LogP) is 4.38. The van der Waals surface area contributed by atoms with Gasteiger partial charge in [-0.2, -0.15) is 5.26 Å². The number of anilines is 2. The lowest BCUT2D eigenvalue weighted by Crippen LogP contribution is -2.39. The molecule has 3 N–H and O–H groups in total. The second-order valence-electron chi connectivity index (χ2n) is 9.84. The Morgan fingerprint density at radius 3 is 2.78 bits per heavy atom. The molecule has 5 rings (SSSR count). The number of hydrogen-bond acceptors (Lipinski definition) is 8. The van der Waals surface area contributed by atoms with Crippen LogP contribution in [-0.4, -0.2) is 40.0 Å². The summed E-state index contributed by atoms with van der Waals surface area (Å²) in [6, 6.07) is 9.91. The van der Waals surface area contributed by atoms with E-state index >= 15 is 0 Å². The van der Waals surface area contributed by atoms with Gasteiger partial charge in [0, 0.05) is 30.3 Å². The Labute approximate surface area is 210 Å². The summed E-state index contributed by atoms with van der Waals surface area (Å²) in [6.07, 6.45) is 13.5. The molecule has 1 aliphatic carbocycles. The number of hydrogen-bond donors (Lipinski definition) is 2. The lowest BCUT2D eigenvalue weighted by molar-refractivity contribution is 0.100. The topological polar surface area (TPSA) is 134 Å². The molecule has 0 unspecified atom stereocenters. The van der Waals surface area contributed by atoms with Crippen molar-refractivity contribution in [2.75, 3.05) is 23.3 Å². The van der Waals surface area contributed by atoms with E-state index in [1.165, 1.54) is 25.7 Å². The zero-order valence-corrected chi connectivity index (χ0v) is 20.3. The zero-order chi connectivity index (χ0) is 24.9. The third-order valence-corrected chi connectivity index (χ3v) is 7.41. The van der Waals surface area contributed by atoms with Crippen molar-refractivity contribution >= 4 is 17.6 Å². The van der Waals surface area contributed by atoms with Crippen LogP contribution in [0.15, 0.2) is 47.3 Å². The first-order valence-corrected chi connectivity index (χ1v) is 12.7. The summed E-state index contributed by atoms with van der Waals surface area (Å²) in [5.74, 6) is 1.50. The second kappa shape index (κ2) is 10.8. The molecule has 1 amide bonds. The molecule has 0 bridgehead atoms. The van der Waals surface area contributed by atoms with Gasteiger partial charge in [-0.25, -0.2) is 15.0 Å². The first kappa shape index (κ1) is 23.8. The quantitative estimate of drug-likeness (QED) is 0.503. The maximum Gasteiger partial charge on any atom is 0.295 e. The van der Waals surface area contributed by atoms with E-state index in [-0.39, 0.29) is 5.82 Å². The fourth-order valence-corrected chi connectivity index (χ4v) is 5.60.